The van der Waals surface area contributed by atoms with E-state index in [2.05, 4.69) is 14.5 Å². The standard InChI is InChI=1S/C17H19F3N3O2P/c1-11-21-9-13(10-22-11)12-4-5-14-15(8-12)23(16(24)17(14,2)3)6-7-25-26(18,19)20/h4-5,8-10,26H,6-7H2,1-3H3. The number of hydrogen-bond acceptors (Lipinski definition) is 4. The van der Waals surface area contributed by atoms with Gasteiger partial charge in [0.05, 0.1) is 0 Å². The van der Waals surface area contributed by atoms with E-state index in [1.54, 1.807) is 39.2 Å². The van der Waals surface area contributed by atoms with Gasteiger partial charge in [-0.25, -0.2) is 0 Å². The summed E-state index contributed by atoms with van der Waals surface area (Å²) in [6.07, 6.45) is 3.35. The zero-order chi connectivity index (χ0) is 19.1. The fourth-order valence-corrected chi connectivity index (χ4v) is 3.36. The van der Waals surface area contributed by atoms with E-state index in [0.717, 1.165) is 16.7 Å². The van der Waals surface area contributed by atoms with Crippen molar-refractivity contribution in [2.24, 2.45) is 0 Å². The van der Waals surface area contributed by atoms with Crippen molar-refractivity contribution in [3.05, 3.63) is 42.0 Å². The summed E-state index contributed by atoms with van der Waals surface area (Å²) in [7, 11) is -6.10. The number of hydrogen-bond donors (Lipinski definition) is 0. The number of carbonyl (C=O) groups excluding carboxylic acids is 1. The fraction of sp³-hybridized carbons (Fsp3) is 0.353. The van der Waals surface area contributed by atoms with E-state index >= 15 is 0 Å². The maximum absolute atomic E-state index is 12.7. The van der Waals surface area contributed by atoms with Crippen LogP contribution in [0.3, 0.4) is 0 Å². The fourth-order valence-electron chi connectivity index (χ4n) is 3.04. The van der Waals surface area contributed by atoms with Gasteiger partial charge in [-0.05, 0) is 0 Å². The molecule has 1 amide bonds. The molecule has 26 heavy (non-hydrogen) atoms. The first kappa shape index (κ1) is 18.7. The second kappa shape index (κ2) is 6.59. The van der Waals surface area contributed by atoms with Crippen molar-refractivity contribution in [2.45, 2.75) is 26.2 Å². The second-order valence-electron chi connectivity index (χ2n) is 6.63. The van der Waals surface area contributed by atoms with Crippen molar-refractivity contribution in [1.82, 2.24) is 9.97 Å². The molecule has 1 aliphatic heterocycles. The van der Waals surface area contributed by atoms with Gasteiger partial charge in [-0.1, -0.05) is 0 Å². The average molecular weight is 385 g/mol. The second-order valence-corrected chi connectivity index (χ2v) is 7.81. The predicted molar refractivity (Wildman–Crippen MR) is 95.2 cm³/mol. The van der Waals surface area contributed by atoms with Crippen molar-refractivity contribution in [3.8, 4) is 11.1 Å². The quantitative estimate of drug-likeness (QED) is 0.716. The van der Waals surface area contributed by atoms with E-state index in [1.165, 1.54) is 4.90 Å². The van der Waals surface area contributed by atoms with Crippen LogP contribution in [0, 0.1) is 6.92 Å². The Bertz CT molecular complexity index is 838. The molecule has 1 aliphatic rings. The van der Waals surface area contributed by atoms with E-state index in [1.807, 2.05) is 12.1 Å². The number of nitrogens with zero attached hydrogens (tertiary/aromatic N) is 3. The minimum atomic E-state index is -6.10. The summed E-state index contributed by atoms with van der Waals surface area (Å²) in [4.78, 5) is 22.4. The summed E-state index contributed by atoms with van der Waals surface area (Å²) in [5.41, 5.74) is 2.15. The predicted octanol–water partition coefficient (Wildman–Crippen LogP) is 4.41. The first-order chi connectivity index (χ1) is 12.1. The van der Waals surface area contributed by atoms with Gasteiger partial charge in [-0.15, -0.1) is 0 Å². The number of halogens is 3. The van der Waals surface area contributed by atoms with Crippen LogP contribution in [0.5, 0.6) is 0 Å². The van der Waals surface area contributed by atoms with Crippen molar-refractivity contribution in [2.75, 3.05) is 18.1 Å². The van der Waals surface area contributed by atoms with Crippen LogP contribution < -0.4 is 4.90 Å². The number of anilines is 1. The van der Waals surface area contributed by atoms with Gasteiger partial charge in [0.1, 0.15) is 0 Å². The molecular formula is C17H19F3N3O2P. The normalized spacial score (nSPS) is 16.7. The monoisotopic (exact) mass is 385 g/mol. The first-order valence-corrected chi connectivity index (χ1v) is 9.60. The molecule has 2 aromatic rings. The topological polar surface area (TPSA) is 55.3 Å². The Balaban J connectivity index is 1.93. The summed E-state index contributed by atoms with van der Waals surface area (Å²) in [6.45, 7) is 4.61. The van der Waals surface area contributed by atoms with Gasteiger partial charge in [0.2, 0.25) is 0 Å². The molecule has 2 heterocycles. The molecule has 140 valence electrons. The molecule has 5 nitrogen and oxygen atoms in total. The van der Waals surface area contributed by atoms with Gasteiger partial charge in [0.15, 0.2) is 0 Å². The molecule has 9 heteroatoms. The van der Waals surface area contributed by atoms with Gasteiger partial charge in [-0.3, -0.25) is 0 Å². The third-order valence-corrected chi connectivity index (χ3v) is 4.97. The molecule has 0 N–H and O–H groups in total. The summed E-state index contributed by atoms with van der Waals surface area (Å²) < 4.78 is 41.2. The van der Waals surface area contributed by atoms with Gasteiger partial charge < -0.3 is 0 Å². The summed E-state index contributed by atoms with van der Waals surface area (Å²) in [5.74, 6) is 0.401. The maximum atomic E-state index is 12.7. The zero-order valence-electron chi connectivity index (χ0n) is 14.6. The Morgan fingerprint density at radius 3 is 2.42 bits per heavy atom. The van der Waals surface area contributed by atoms with Crippen LogP contribution in [0.1, 0.15) is 25.2 Å². The molecule has 0 aliphatic carbocycles. The molecule has 0 saturated heterocycles. The molecule has 0 saturated carbocycles. The third kappa shape index (κ3) is 3.57. The SMILES string of the molecule is Cc1ncc(-c2ccc3c(c2)N(CCO[PH](F)(F)F)C(=O)C3(C)C)cn1. The Morgan fingerprint density at radius 2 is 1.81 bits per heavy atom. The van der Waals surface area contributed by atoms with Gasteiger partial charge >= 0.3 is 149 Å². The van der Waals surface area contributed by atoms with Crippen LogP contribution in [-0.4, -0.2) is 29.0 Å². The molecule has 1 aromatic heterocycles. The Hall–Kier alpha value is -2.05. The zero-order valence-corrected chi connectivity index (χ0v) is 15.6. The summed E-state index contributed by atoms with van der Waals surface area (Å²) in [5, 5.41) is 0. The molecule has 0 bridgehead atoms. The average Bonchev–Trinajstić information content (AvgIpc) is 2.75. The van der Waals surface area contributed by atoms with Crippen molar-refractivity contribution in [3.63, 3.8) is 0 Å². The number of fused-ring (bicyclic) bond motifs is 1. The van der Waals surface area contributed by atoms with E-state index < -0.39 is 20.4 Å². The van der Waals surface area contributed by atoms with E-state index in [9.17, 15) is 17.4 Å². The molecule has 0 radical (unpaired) electrons. The van der Waals surface area contributed by atoms with E-state index in [4.69, 9.17) is 0 Å². The van der Waals surface area contributed by atoms with Gasteiger partial charge in [0, 0.05) is 0 Å². The summed E-state index contributed by atoms with van der Waals surface area (Å²) in [6, 6.07) is 5.49. The molecule has 0 spiro atoms. The molecule has 3 rings (SSSR count). The van der Waals surface area contributed by atoms with Gasteiger partial charge in [0.25, 0.3) is 0 Å². The van der Waals surface area contributed by atoms with Gasteiger partial charge in [-0.2, -0.15) is 0 Å². The van der Waals surface area contributed by atoms with Crippen LogP contribution in [0.4, 0.5) is 18.3 Å². The number of aromatic nitrogens is 2. The van der Waals surface area contributed by atoms with Crippen molar-refractivity contribution in [1.29, 1.82) is 0 Å². The Labute approximate surface area is 150 Å². The van der Waals surface area contributed by atoms with E-state index in [-0.39, 0.29) is 12.5 Å². The molecular weight excluding hydrogens is 366 g/mol. The number of benzene rings is 1. The van der Waals surface area contributed by atoms with Crippen LogP contribution in [0.25, 0.3) is 11.1 Å². The summed E-state index contributed by atoms with van der Waals surface area (Å²) >= 11 is 0. The number of rotatable bonds is 5. The third-order valence-electron chi connectivity index (χ3n) is 4.44. The Morgan fingerprint density at radius 1 is 1.15 bits per heavy atom. The number of amides is 1. The van der Waals surface area contributed by atoms with Crippen molar-refractivity contribution >= 4 is 20.0 Å². The first-order valence-electron chi connectivity index (χ1n) is 8.06. The van der Waals surface area contributed by atoms with E-state index in [0.29, 0.717) is 11.5 Å². The molecule has 0 fully saturated rings. The molecule has 0 unspecified atom stereocenters. The number of aryl methyl sites for hydroxylation is 1. The minimum absolute atomic E-state index is 0.143. The molecule has 0 atom stereocenters. The van der Waals surface area contributed by atoms with Crippen LogP contribution in [-0.2, 0) is 14.7 Å². The Kier molecular flexibility index (Phi) is 4.75. The number of carbonyl (C=O) groups is 1. The molecule has 1 aromatic carbocycles. The van der Waals surface area contributed by atoms with Crippen LogP contribution in [0.15, 0.2) is 30.6 Å². The van der Waals surface area contributed by atoms with Crippen LogP contribution >= 0.6 is 8.42 Å². The van der Waals surface area contributed by atoms with Crippen molar-refractivity contribution < 1.29 is 21.9 Å². The van der Waals surface area contributed by atoms with Crippen LogP contribution in [0.2, 0.25) is 0 Å².